The van der Waals surface area contributed by atoms with Crippen LogP contribution in [0.15, 0.2) is 60.7 Å². The summed E-state index contributed by atoms with van der Waals surface area (Å²) in [6, 6.07) is 17.7. The molecule has 1 amide bonds. The topological polar surface area (TPSA) is 162 Å². The number of ketones is 1. The van der Waals surface area contributed by atoms with Gasteiger partial charge in [-0.1, -0.05) is 73.5 Å². The smallest absolute Gasteiger partial charge is 0.332 e. The van der Waals surface area contributed by atoms with Crippen molar-refractivity contribution in [2.24, 2.45) is 0 Å². The molecule has 13 heteroatoms. The number of amides is 1. The van der Waals surface area contributed by atoms with Crippen LogP contribution in [0, 0.1) is 0 Å². The third-order valence-corrected chi connectivity index (χ3v) is 6.43. The summed E-state index contributed by atoms with van der Waals surface area (Å²) in [5.41, 5.74) is 1.75. The molecule has 0 aliphatic heterocycles. The van der Waals surface area contributed by atoms with Crippen molar-refractivity contribution in [2.45, 2.75) is 51.4 Å². The largest absolute Gasteiger partial charge is 0.467 e. The molecule has 0 fully saturated rings. The van der Waals surface area contributed by atoms with E-state index in [1.165, 1.54) is 7.11 Å². The lowest BCUT2D eigenvalue weighted by atomic mass is 10.1. The predicted molar refractivity (Wildman–Crippen MR) is 168 cm³/mol. The number of esters is 3. The molecule has 1 atom stereocenters. The molecular formula is C34H45NO12. The van der Waals surface area contributed by atoms with Gasteiger partial charge in [0.15, 0.2) is 5.78 Å². The summed E-state index contributed by atoms with van der Waals surface area (Å²) in [5.74, 6) is -2.14. The zero-order valence-electron chi connectivity index (χ0n) is 26.9. The Kier molecular flexibility index (Phi) is 20.7. The SMILES string of the molecule is COC(=O)[C@H](CCCCCC(=O)COCCOCC(=O)OCc1ccccc1)NC(=O)COCCOCC(=O)OCc1ccccc1. The summed E-state index contributed by atoms with van der Waals surface area (Å²) in [6.07, 6.45) is 2.48. The molecule has 0 radical (unpaired) electrons. The van der Waals surface area contributed by atoms with E-state index >= 15 is 0 Å². The second-order valence-electron chi connectivity index (χ2n) is 10.3. The van der Waals surface area contributed by atoms with Crippen LogP contribution in [-0.2, 0) is 70.3 Å². The number of Topliss-reactive ketones (excluding diaryl/α,β-unsaturated/α-hetero) is 1. The third-order valence-electron chi connectivity index (χ3n) is 6.43. The van der Waals surface area contributed by atoms with Crippen LogP contribution in [0.1, 0.15) is 43.2 Å². The molecule has 47 heavy (non-hydrogen) atoms. The molecule has 2 rings (SSSR count). The van der Waals surface area contributed by atoms with Gasteiger partial charge in [0.05, 0.1) is 33.5 Å². The molecule has 0 saturated heterocycles. The van der Waals surface area contributed by atoms with Gasteiger partial charge in [-0.15, -0.1) is 0 Å². The van der Waals surface area contributed by atoms with Crippen molar-refractivity contribution in [3.8, 4) is 0 Å². The first-order chi connectivity index (χ1) is 22.9. The number of nitrogens with one attached hydrogen (secondary N) is 1. The van der Waals surface area contributed by atoms with Crippen molar-refractivity contribution in [2.75, 3.05) is 60.0 Å². The van der Waals surface area contributed by atoms with E-state index in [0.717, 1.165) is 11.1 Å². The van der Waals surface area contributed by atoms with Crippen molar-refractivity contribution >= 4 is 29.6 Å². The maximum atomic E-state index is 12.2. The standard InChI is InChI=1S/C34H45NO12/c1-41-34(40)30(35-31(37)24-43-18-20-45-26-33(39)47-22-28-13-7-3-8-14-28)16-10-4-9-15-29(36)23-42-17-19-44-25-32(38)46-21-27-11-5-2-6-12-27/h2-3,5-8,11-14,30H,4,9-10,15-26H2,1H3,(H,35,37)/t30-/m0/s1. The summed E-state index contributed by atoms with van der Waals surface area (Å²) in [4.78, 5) is 59.9. The van der Waals surface area contributed by atoms with Crippen molar-refractivity contribution in [3.63, 3.8) is 0 Å². The first kappa shape index (κ1) is 39.0. The quantitative estimate of drug-likeness (QED) is 0.0895. The van der Waals surface area contributed by atoms with Crippen molar-refractivity contribution in [1.29, 1.82) is 0 Å². The Hall–Kier alpha value is -4.17. The molecule has 0 spiro atoms. The molecule has 258 valence electrons. The fraction of sp³-hybridized carbons (Fsp3) is 0.500. The van der Waals surface area contributed by atoms with Crippen LogP contribution in [0.5, 0.6) is 0 Å². The highest BCUT2D eigenvalue weighted by Crippen LogP contribution is 2.08. The zero-order chi connectivity index (χ0) is 34.0. The summed E-state index contributed by atoms with van der Waals surface area (Å²) in [5, 5.41) is 2.59. The third kappa shape index (κ3) is 19.8. The zero-order valence-corrected chi connectivity index (χ0v) is 26.9. The number of carbonyl (C=O) groups excluding carboxylic acids is 5. The van der Waals surface area contributed by atoms with Gasteiger partial charge in [0.25, 0.3) is 0 Å². The lowest BCUT2D eigenvalue weighted by Gasteiger charge is -2.16. The Morgan fingerprint density at radius 3 is 1.62 bits per heavy atom. The van der Waals surface area contributed by atoms with E-state index < -0.39 is 29.9 Å². The van der Waals surface area contributed by atoms with Crippen LogP contribution < -0.4 is 5.32 Å². The molecule has 0 aromatic heterocycles. The van der Waals surface area contributed by atoms with Crippen LogP contribution in [-0.4, -0.2) is 95.6 Å². The number of carbonyl (C=O) groups is 5. The Morgan fingerprint density at radius 1 is 0.617 bits per heavy atom. The Balaban J connectivity index is 1.44. The van der Waals surface area contributed by atoms with Gasteiger partial charge in [-0.2, -0.15) is 0 Å². The normalized spacial score (nSPS) is 11.3. The lowest BCUT2D eigenvalue weighted by Crippen LogP contribution is -2.43. The molecule has 0 aliphatic rings. The average Bonchev–Trinajstić information content (AvgIpc) is 3.09. The highest BCUT2D eigenvalue weighted by molar-refractivity contribution is 5.85. The molecule has 0 aliphatic carbocycles. The molecule has 0 bridgehead atoms. The van der Waals surface area contributed by atoms with E-state index in [0.29, 0.717) is 32.1 Å². The number of rotatable bonds is 26. The molecule has 1 N–H and O–H groups in total. The summed E-state index contributed by atoms with van der Waals surface area (Å²) in [7, 11) is 1.24. The number of ether oxygens (including phenoxy) is 7. The van der Waals surface area contributed by atoms with Gasteiger partial charge in [-0.3, -0.25) is 9.59 Å². The van der Waals surface area contributed by atoms with Crippen molar-refractivity contribution < 1.29 is 57.1 Å². The second kappa shape index (κ2) is 25.0. The maximum absolute atomic E-state index is 12.2. The number of hydrogen-bond acceptors (Lipinski definition) is 12. The van der Waals surface area contributed by atoms with Crippen molar-refractivity contribution in [3.05, 3.63) is 71.8 Å². The van der Waals surface area contributed by atoms with Crippen LogP contribution in [0.3, 0.4) is 0 Å². The first-order valence-electron chi connectivity index (χ1n) is 15.5. The van der Waals surface area contributed by atoms with E-state index in [2.05, 4.69) is 5.32 Å². The minimum Gasteiger partial charge on any atom is -0.467 e. The van der Waals surface area contributed by atoms with E-state index in [4.69, 9.17) is 33.2 Å². The molecule has 0 unspecified atom stereocenters. The number of hydrogen-bond donors (Lipinski definition) is 1. The van der Waals surface area contributed by atoms with Gasteiger partial charge >= 0.3 is 17.9 Å². The summed E-state index contributed by atoms with van der Waals surface area (Å²) < 4.78 is 36.0. The minimum atomic E-state index is -0.846. The second-order valence-corrected chi connectivity index (χ2v) is 10.3. The van der Waals surface area contributed by atoms with Gasteiger partial charge in [-0.25, -0.2) is 14.4 Å². The summed E-state index contributed by atoms with van der Waals surface area (Å²) >= 11 is 0. The fourth-order valence-electron chi connectivity index (χ4n) is 4.00. The van der Waals surface area contributed by atoms with E-state index in [1.807, 2.05) is 60.7 Å². The molecule has 0 heterocycles. The van der Waals surface area contributed by atoms with Crippen LogP contribution in [0.4, 0.5) is 0 Å². The van der Waals surface area contributed by atoms with Crippen LogP contribution >= 0.6 is 0 Å². The molecule has 13 nitrogen and oxygen atoms in total. The van der Waals surface area contributed by atoms with Crippen LogP contribution in [0.2, 0.25) is 0 Å². The number of methoxy groups -OCH3 is 1. The Labute approximate surface area is 275 Å². The highest BCUT2D eigenvalue weighted by Gasteiger charge is 2.21. The van der Waals surface area contributed by atoms with Gasteiger partial charge in [0, 0.05) is 6.42 Å². The summed E-state index contributed by atoms with van der Waals surface area (Å²) in [6.45, 7) is -0.00305. The van der Waals surface area contributed by atoms with Crippen molar-refractivity contribution in [1.82, 2.24) is 5.32 Å². The fourth-order valence-corrected chi connectivity index (χ4v) is 4.00. The van der Waals surface area contributed by atoms with Gasteiger partial charge in [-0.05, 0) is 24.0 Å². The van der Waals surface area contributed by atoms with Gasteiger partial charge in [0.1, 0.15) is 45.7 Å². The average molecular weight is 660 g/mol. The molecule has 2 aromatic rings. The highest BCUT2D eigenvalue weighted by atomic mass is 16.6. The molecular weight excluding hydrogens is 614 g/mol. The molecule has 2 aromatic carbocycles. The monoisotopic (exact) mass is 659 g/mol. The Bertz CT molecular complexity index is 1190. The maximum Gasteiger partial charge on any atom is 0.332 e. The Morgan fingerprint density at radius 2 is 1.11 bits per heavy atom. The molecule has 0 saturated carbocycles. The predicted octanol–water partition coefficient (Wildman–Crippen LogP) is 2.72. The van der Waals surface area contributed by atoms with E-state index in [1.54, 1.807) is 0 Å². The van der Waals surface area contributed by atoms with E-state index in [-0.39, 0.29) is 71.9 Å². The van der Waals surface area contributed by atoms with E-state index in [9.17, 15) is 24.0 Å². The first-order valence-corrected chi connectivity index (χ1v) is 15.5. The van der Waals surface area contributed by atoms with Gasteiger partial charge < -0.3 is 38.5 Å². The lowest BCUT2D eigenvalue weighted by molar-refractivity contribution is -0.151. The number of unbranched alkanes of at least 4 members (excludes halogenated alkanes) is 2. The minimum absolute atomic E-state index is 0.0635. The van der Waals surface area contributed by atoms with Gasteiger partial charge in [0.2, 0.25) is 5.91 Å². The van der Waals surface area contributed by atoms with Crippen LogP contribution in [0.25, 0.3) is 0 Å². The number of benzene rings is 2.